The number of hydrogen-bond acceptors (Lipinski definition) is 5. The number of ether oxygens (including phenoxy) is 1. The van der Waals surface area contributed by atoms with E-state index in [-0.39, 0.29) is 5.56 Å². The third kappa shape index (κ3) is 4.27. The number of amides is 1. The van der Waals surface area contributed by atoms with Gasteiger partial charge < -0.3 is 10.5 Å². The standard InChI is InChI=1S/C23H19ClN4O3/c1-14(21(25)29)31-23(30)17-11-20(15-7-3-2-4-8-15)27-22-18(17)12-26-28(22)13-16-9-5-6-10-19(16)24/h2-12,14H,13H2,1H3,(H2,25,29)/t14-/m0/s1. The summed E-state index contributed by atoms with van der Waals surface area (Å²) in [6, 6.07) is 18.5. The molecular formula is C23H19ClN4O3. The van der Waals surface area contributed by atoms with Crippen molar-refractivity contribution in [3.05, 3.63) is 83.0 Å². The fraction of sp³-hybridized carbons (Fsp3) is 0.130. The molecule has 0 bridgehead atoms. The molecule has 0 unspecified atom stereocenters. The lowest BCUT2D eigenvalue weighted by atomic mass is 10.1. The third-order valence-electron chi connectivity index (χ3n) is 4.86. The first-order chi connectivity index (χ1) is 14.9. The number of pyridine rings is 1. The zero-order valence-corrected chi connectivity index (χ0v) is 17.4. The van der Waals surface area contributed by atoms with E-state index >= 15 is 0 Å². The summed E-state index contributed by atoms with van der Waals surface area (Å²) in [7, 11) is 0. The number of nitrogens with two attached hydrogens (primary N) is 1. The number of rotatable bonds is 6. The van der Waals surface area contributed by atoms with E-state index in [1.165, 1.54) is 6.92 Å². The van der Waals surface area contributed by atoms with E-state index in [0.717, 1.165) is 11.1 Å². The van der Waals surface area contributed by atoms with Gasteiger partial charge in [0.05, 0.1) is 29.4 Å². The minimum Gasteiger partial charge on any atom is -0.449 e. The van der Waals surface area contributed by atoms with Crippen molar-refractivity contribution in [2.24, 2.45) is 5.73 Å². The van der Waals surface area contributed by atoms with Crippen molar-refractivity contribution in [2.75, 3.05) is 0 Å². The van der Waals surface area contributed by atoms with Crippen molar-refractivity contribution in [3.8, 4) is 11.3 Å². The molecule has 31 heavy (non-hydrogen) atoms. The maximum atomic E-state index is 12.9. The number of esters is 1. The molecule has 1 amide bonds. The third-order valence-corrected chi connectivity index (χ3v) is 5.23. The predicted molar refractivity (Wildman–Crippen MR) is 118 cm³/mol. The lowest BCUT2D eigenvalue weighted by Gasteiger charge is -2.12. The molecule has 0 aliphatic carbocycles. The van der Waals surface area contributed by atoms with E-state index in [9.17, 15) is 9.59 Å². The number of fused-ring (bicyclic) bond motifs is 1. The smallest absolute Gasteiger partial charge is 0.339 e. The van der Waals surface area contributed by atoms with Gasteiger partial charge in [0, 0.05) is 10.6 Å². The van der Waals surface area contributed by atoms with Gasteiger partial charge >= 0.3 is 5.97 Å². The summed E-state index contributed by atoms with van der Waals surface area (Å²) in [4.78, 5) is 29.0. The van der Waals surface area contributed by atoms with Crippen LogP contribution in [0.25, 0.3) is 22.3 Å². The predicted octanol–water partition coefficient (Wildman–Crippen LogP) is 3.83. The molecule has 0 saturated heterocycles. The Morgan fingerprint density at radius 2 is 1.84 bits per heavy atom. The normalized spacial score (nSPS) is 11.9. The number of carbonyl (C=O) groups is 2. The molecule has 0 spiro atoms. The highest BCUT2D eigenvalue weighted by atomic mass is 35.5. The molecule has 0 aliphatic rings. The topological polar surface area (TPSA) is 100 Å². The molecule has 8 heteroatoms. The summed E-state index contributed by atoms with van der Waals surface area (Å²) < 4.78 is 6.92. The van der Waals surface area contributed by atoms with Crippen LogP contribution >= 0.6 is 11.6 Å². The molecule has 7 nitrogen and oxygen atoms in total. The van der Waals surface area contributed by atoms with E-state index < -0.39 is 18.0 Å². The van der Waals surface area contributed by atoms with E-state index in [4.69, 9.17) is 27.1 Å². The van der Waals surface area contributed by atoms with Crippen molar-refractivity contribution in [1.29, 1.82) is 0 Å². The summed E-state index contributed by atoms with van der Waals surface area (Å²) in [5, 5.41) is 5.54. The Morgan fingerprint density at radius 1 is 1.13 bits per heavy atom. The van der Waals surface area contributed by atoms with Crippen molar-refractivity contribution in [2.45, 2.75) is 19.6 Å². The van der Waals surface area contributed by atoms with Crippen molar-refractivity contribution in [3.63, 3.8) is 0 Å². The van der Waals surface area contributed by atoms with Gasteiger partial charge in [0.1, 0.15) is 0 Å². The summed E-state index contributed by atoms with van der Waals surface area (Å²) >= 11 is 6.31. The summed E-state index contributed by atoms with van der Waals surface area (Å²) in [6.45, 7) is 1.80. The molecular weight excluding hydrogens is 416 g/mol. The van der Waals surface area contributed by atoms with Gasteiger partial charge in [-0.25, -0.2) is 14.5 Å². The monoisotopic (exact) mass is 434 g/mol. The van der Waals surface area contributed by atoms with E-state index in [2.05, 4.69) is 5.10 Å². The number of benzene rings is 2. The van der Waals surface area contributed by atoms with Crippen LogP contribution in [-0.2, 0) is 16.1 Å². The average molecular weight is 435 g/mol. The van der Waals surface area contributed by atoms with Gasteiger partial charge in [-0.1, -0.05) is 60.1 Å². The molecule has 0 saturated carbocycles. The SMILES string of the molecule is C[C@H](OC(=O)c1cc(-c2ccccc2)nc2c1cnn2Cc1ccccc1Cl)C(N)=O. The molecule has 0 fully saturated rings. The second-order valence-corrected chi connectivity index (χ2v) is 7.41. The fourth-order valence-electron chi connectivity index (χ4n) is 3.16. The first-order valence-corrected chi connectivity index (χ1v) is 9.97. The zero-order valence-electron chi connectivity index (χ0n) is 16.7. The summed E-state index contributed by atoms with van der Waals surface area (Å²) in [5.41, 5.74) is 8.27. The summed E-state index contributed by atoms with van der Waals surface area (Å²) in [5.74, 6) is -1.40. The quantitative estimate of drug-likeness (QED) is 0.465. The van der Waals surface area contributed by atoms with Gasteiger partial charge in [-0.05, 0) is 24.6 Å². The van der Waals surface area contributed by atoms with Gasteiger partial charge in [-0.15, -0.1) is 0 Å². The molecule has 2 aromatic heterocycles. The van der Waals surface area contributed by atoms with E-state index in [0.29, 0.717) is 28.3 Å². The van der Waals surface area contributed by atoms with Crippen LogP contribution in [0.4, 0.5) is 0 Å². The molecule has 1 atom stereocenters. The number of nitrogens with zero attached hydrogens (tertiary/aromatic N) is 3. The molecule has 4 rings (SSSR count). The number of primary amides is 1. The molecule has 2 aromatic carbocycles. The molecule has 2 N–H and O–H groups in total. The second kappa shape index (κ2) is 8.57. The van der Waals surface area contributed by atoms with E-state index in [1.54, 1.807) is 23.0 Å². The largest absolute Gasteiger partial charge is 0.449 e. The number of carbonyl (C=O) groups excluding carboxylic acids is 2. The van der Waals surface area contributed by atoms with Crippen LogP contribution in [0.15, 0.2) is 66.9 Å². The van der Waals surface area contributed by atoms with Gasteiger partial charge in [-0.3, -0.25) is 4.79 Å². The maximum absolute atomic E-state index is 12.9. The maximum Gasteiger partial charge on any atom is 0.339 e. The molecule has 2 heterocycles. The van der Waals surface area contributed by atoms with Crippen LogP contribution in [0.3, 0.4) is 0 Å². The van der Waals surface area contributed by atoms with Gasteiger partial charge in [0.15, 0.2) is 11.8 Å². The Hall–Kier alpha value is -3.71. The Kier molecular flexibility index (Phi) is 5.68. The summed E-state index contributed by atoms with van der Waals surface area (Å²) in [6.07, 6.45) is 0.494. The molecule has 0 aliphatic heterocycles. The van der Waals surface area contributed by atoms with Crippen LogP contribution in [0, 0.1) is 0 Å². The first kappa shape index (κ1) is 20.6. The number of halogens is 1. The number of hydrogen-bond donors (Lipinski definition) is 1. The van der Waals surface area contributed by atoms with Crippen LogP contribution in [0.2, 0.25) is 5.02 Å². The van der Waals surface area contributed by atoms with Crippen LogP contribution < -0.4 is 5.73 Å². The minimum absolute atomic E-state index is 0.252. The Morgan fingerprint density at radius 3 is 2.55 bits per heavy atom. The van der Waals surface area contributed by atoms with Gasteiger partial charge in [0.2, 0.25) is 0 Å². The van der Waals surface area contributed by atoms with Crippen molar-refractivity contribution in [1.82, 2.24) is 14.8 Å². The Balaban J connectivity index is 1.84. The Bertz CT molecular complexity index is 1270. The van der Waals surface area contributed by atoms with Crippen LogP contribution in [0.5, 0.6) is 0 Å². The molecule has 4 aromatic rings. The molecule has 0 radical (unpaired) electrons. The Labute approximate surface area is 183 Å². The van der Waals surface area contributed by atoms with Crippen molar-refractivity contribution < 1.29 is 14.3 Å². The highest BCUT2D eigenvalue weighted by molar-refractivity contribution is 6.31. The van der Waals surface area contributed by atoms with Crippen LogP contribution in [0.1, 0.15) is 22.8 Å². The zero-order chi connectivity index (χ0) is 22.0. The molecule has 156 valence electrons. The number of aromatic nitrogens is 3. The first-order valence-electron chi connectivity index (χ1n) is 9.59. The average Bonchev–Trinajstić information content (AvgIpc) is 3.17. The lowest BCUT2D eigenvalue weighted by molar-refractivity contribution is -0.125. The lowest BCUT2D eigenvalue weighted by Crippen LogP contribution is -2.30. The fourth-order valence-corrected chi connectivity index (χ4v) is 3.35. The second-order valence-electron chi connectivity index (χ2n) is 7.00. The van der Waals surface area contributed by atoms with E-state index in [1.807, 2.05) is 48.5 Å². The van der Waals surface area contributed by atoms with Crippen LogP contribution in [-0.4, -0.2) is 32.7 Å². The van der Waals surface area contributed by atoms with Gasteiger partial charge in [-0.2, -0.15) is 5.10 Å². The van der Waals surface area contributed by atoms with Crippen molar-refractivity contribution >= 4 is 34.5 Å². The highest BCUT2D eigenvalue weighted by Crippen LogP contribution is 2.27. The minimum atomic E-state index is -1.06. The van der Waals surface area contributed by atoms with Gasteiger partial charge in [0.25, 0.3) is 5.91 Å². The highest BCUT2D eigenvalue weighted by Gasteiger charge is 2.22.